The fourth-order valence-electron chi connectivity index (χ4n) is 2.92. The predicted molar refractivity (Wildman–Crippen MR) is 139 cm³/mol. The maximum atomic E-state index is 6.81. The van der Waals surface area contributed by atoms with Crippen molar-refractivity contribution in [3.63, 3.8) is 0 Å². The molecule has 0 heterocycles. The van der Waals surface area contributed by atoms with E-state index in [0.717, 1.165) is 28.6 Å². The van der Waals surface area contributed by atoms with Crippen molar-refractivity contribution in [1.82, 2.24) is 0 Å². The van der Waals surface area contributed by atoms with Crippen LogP contribution in [0.4, 0.5) is 0 Å². The Bertz CT molecular complexity index is 603. The zero-order valence-corrected chi connectivity index (χ0v) is 23.9. The van der Waals surface area contributed by atoms with Crippen molar-refractivity contribution < 1.29 is 23.4 Å². The van der Waals surface area contributed by atoms with Crippen molar-refractivity contribution in [2.75, 3.05) is 32.0 Å². The number of ether oxygens (including phenoxy) is 4. The van der Waals surface area contributed by atoms with Gasteiger partial charge in [0.15, 0.2) is 8.32 Å². The van der Waals surface area contributed by atoms with Gasteiger partial charge in [0.05, 0.1) is 19.8 Å². The summed E-state index contributed by atoms with van der Waals surface area (Å²) in [6.07, 6.45) is 1.91. The highest BCUT2D eigenvalue weighted by molar-refractivity contribution is 14.1. The summed E-state index contributed by atoms with van der Waals surface area (Å²) in [6, 6.07) is 8.01. The lowest BCUT2D eigenvalue weighted by atomic mass is 9.99. The lowest BCUT2D eigenvalue weighted by Gasteiger charge is -2.40. The highest BCUT2D eigenvalue weighted by Gasteiger charge is 2.39. The van der Waals surface area contributed by atoms with Crippen molar-refractivity contribution in [2.45, 2.75) is 77.5 Å². The lowest BCUT2D eigenvalue weighted by Crippen LogP contribution is -2.45. The van der Waals surface area contributed by atoms with Gasteiger partial charge in [0.1, 0.15) is 12.5 Å². The van der Waals surface area contributed by atoms with Gasteiger partial charge in [-0.15, -0.1) is 0 Å². The fraction of sp³-hybridized carbons (Fsp3) is 0.750. The van der Waals surface area contributed by atoms with Crippen LogP contribution in [0.3, 0.4) is 0 Å². The van der Waals surface area contributed by atoms with Crippen LogP contribution in [0.2, 0.25) is 18.1 Å². The van der Waals surface area contributed by atoms with Crippen LogP contribution in [0.15, 0.2) is 24.3 Å². The summed E-state index contributed by atoms with van der Waals surface area (Å²) >= 11 is 2.43. The third-order valence-electron chi connectivity index (χ3n) is 6.05. The molecule has 0 unspecified atom stereocenters. The maximum Gasteiger partial charge on any atom is 0.192 e. The van der Waals surface area contributed by atoms with Gasteiger partial charge in [-0.05, 0) is 54.6 Å². The summed E-state index contributed by atoms with van der Waals surface area (Å²) < 4.78 is 30.3. The quantitative estimate of drug-likeness (QED) is 0.0804. The van der Waals surface area contributed by atoms with Crippen LogP contribution in [-0.4, -0.2) is 52.6 Å². The standard InChI is InChI=1S/C24H43IO5Si/c1-19(16-25)23(29-18-26-5)15-22(30-31(7,8)24(2,3)4)13-14-28-17-20-9-11-21(27-6)12-10-20/h9-12,19,22-23H,13-18H2,1-8H3/t19-,22+,23+/m0/s1. The summed E-state index contributed by atoms with van der Waals surface area (Å²) in [5.74, 6) is 1.29. The monoisotopic (exact) mass is 566 g/mol. The first-order valence-corrected chi connectivity index (χ1v) is 15.5. The molecule has 5 nitrogen and oxygen atoms in total. The number of alkyl halides is 1. The van der Waals surface area contributed by atoms with Crippen LogP contribution < -0.4 is 4.74 Å². The molecular weight excluding hydrogens is 523 g/mol. The van der Waals surface area contributed by atoms with Gasteiger partial charge in [-0.2, -0.15) is 0 Å². The minimum absolute atomic E-state index is 0.101. The van der Waals surface area contributed by atoms with E-state index in [9.17, 15) is 0 Å². The van der Waals surface area contributed by atoms with Gasteiger partial charge in [0.2, 0.25) is 0 Å². The van der Waals surface area contributed by atoms with Gasteiger partial charge in [0, 0.05) is 24.2 Å². The predicted octanol–water partition coefficient (Wildman–Crippen LogP) is 6.44. The van der Waals surface area contributed by atoms with Gasteiger partial charge in [-0.25, -0.2) is 0 Å². The molecule has 0 N–H and O–H groups in total. The molecule has 1 aromatic rings. The van der Waals surface area contributed by atoms with Gasteiger partial charge in [-0.3, -0.25) is 0 Å². The van der Waals surface area contributed by atoms with E-state index in [4.69, 9.17) is 23.4 Å². The van der Waals surface area contributed by atoms with E-state index in [1.54, 1.807) is 14.2 Å². The average Bonchev–Trinajstić information content (AvgIpc) is 2.72. The van der Waals surface area contributed by atoms with Crippen LogP contribution in [-0.2, 0) is 25.2 Å². The average molecular weight is 567 g/mol. The topological polar surface area (TPSA) is 46.2 Å². The van der Waals surface area contributed by atoms with E-state index in [2.05, 4.69) is 63.4 Å². The first-order chi connectivity index (χ1) is 14.5. The maximum absolute atomic E-state index is 6.81. The second kappa shape index (κ2) is 14.2. The molecule has 0 aliphatic carbocycles. The molecule has 0 bridgehead atoms. The first kappa shape index (κ1) is 28.8. The van der Waals surface area contributed by atoms with Crippen LogP contribution in [0, 0.1) is 5.92 Å². The molecule has 0 aliphatic rings. The summed E-state index contributed by atoms with van der Waals surface area (Å²) in [5.41, 5.74) is 1.14. The number of hydrogen-bond acceptors (Lipinski definition) is 5. The highest BCUT2D eigenvalue weighted by atomic mass is 127. The van der Waals surface area contributed by atoms with E-state index < -0.39 is 8.32 Å². The van der Waals surface area contributed by atoms with Crippen molar-refractivity contribution in [1.29, 1.82) is 0 Å². The third kappa shape index (κ3) is 10.5. The normalized spacial score (nSPS) is 15.5. The molecule has 0 radical (unpaired) electrons. The number of methoxy groups -OCH3 is 2. The number of benzene rings is 1. The Balaban J connectivity index is 2.75. The van der Waals surface area contributed by atoms with E-state index in [0.29, 0.717) is 25.9 Å². The smallest absolute Gasteiger partial charge is 0.192 e. The molecule has 0 spiro atoms. The minimum atomic E-state index is -1.90. The SMILES string of the molecule is COCO[C@H](C[C@@H](CCOCc1ccc(OC)cc1)O[Si](C)(C)C(C)(C)C)[C@@H](C)CI. The van der Waals surface area contributed by atoms with Gasteiger partial charge in [0.25, 0.3) is 0 Å². The summed E-state index contributed by atoms with van der Waals surface area (Å²) in [7, 11) is 1.44. The van der Waals surface area contributed by atoms with E-state index >= 15 is 0 Å². The largest absolute Gasteiger partial charge is 0.497 e. The second-order valence-corrected chi connectivity index (χ2v) is 15.3. The van der Waals surface area contributed by atoms with Crippen LogP contribution in [0.5, 0.6) is 5.75 Å². The van der Waals surface area contributed by atoms with E-state index in [-0.39, 0.29) is 17.2 Å². The summed E-state index contributed by atoms with van der Waals surface area (Å²) in [4.78, 5) is 0. The second-order valence-electron chi connectivity index (χ2n) is 9.67. The Kier molecular flexibility index (Phi) is 13.2. The number of halogens is 1. The Hall–Kier alpha value is -0.193. The lowest BCUT2D eigenvalue weighted by molar-refractivity contribution is -0.0988. The summed E-state index contributed by atoms with van der Waals surface area (Å²) in [5, 5.41) is 0.160. The molecule has 0 saturated heterocycles. The van der Waals surface area contributed by atoms with Crippen molar-refractivity contribution in [3.8, 4) is 5.75 Å². The van der Waals surface area contributed by atoms with Crippen molar-refractivity contribution in [2.24, 2.45) is 5.92 Å². The Morgan fingerprint density at radius 1 is 1.06 bits per heavy atom. The molecule has 0 aliphatic heterocycles. The Morgan fingerprint density at radius 2 is 1.71 bits per heavy atom. The zero-order valence-electron chi connectivity index (χ0n) is 20.7. The van der Waals surface area contributed by atoms with Crippen molar-refractivity contribution in [3.05, 3.63) is 29.8 Å². The zero-order chi connectivity index (χ0) is 23.5. The van der Waals surface area contributed by atoms with Crippen LogP contribution in [0.25, 0.3) is 0 Å². The van der Waals surface area contributed by atoms with Crippen LogP contribution >= 0.6 is 22.6 Å². The Morgan fingerprint density at radius 3 is 2.23 bits per heavy atom. The molecule has 7 heteroatoms. The number of rotatable bonds is 15. The third-order valence-corrected chi connectivity index (χ3v) is 12.0. The molecule has 0 amide bonds. The number of hydrogen-bond donors (Lipinski definition) is 0. The van der Waals surface area contributed by atoms with Crippen molar-refractivity contribution >= 4 is 30.9 Å². The molecule has 0 fully saturated rings. The molecule has 1 rings (SSSR count). The fourth-order valence-corrected chi connectivity index (χ4v) is 4.89. The molecule has 1 aromatic carbocycles. The first-order valence-electron chi connectivity index (χ1n) is 11.1. The molecular formula is C24H43IO5Si. The molecule has 0 saturated carbocycles. The van der Waals surface area contributed by atoms with Gasteiger partial charge in [-0.1, -0.05) is 62.4 Å². The van der Waals surface area contributed by atoms with Gasteiger partial charge >= 0.3 is 0 Å². The molecule has 3 atom stereocenters. The molecule has 31 heavy (non-hydrogen) atoms. The molecule has 0 aromatic heterocycles. The van der Waals surface area contributed by atoms with Gasteiger partial charge < -0.3 is 23.4 Å². The minimum Gasteiger partial charge on any atom is -0.497 e. The van der Waals surface area contributed by atoms with E-state index in [1.807, 2.05) is 24.3 Å². The molecule has 180 valence electrons. The van der Waals surface area contributed by atoms with E-state index in [1.165, 1.54) is 0 Å². The highest BCUT2D eigenvalue weighted by Crippen LogP contribution is 2.38. The Labute approximate surface area is 204 Å². The van der Waals surface area contributed by atoms with Crippen LogP contribution in [0.1, 0.15) is 46.1 Å². The summed E-state index contributed by atoms with van der Waals surface area (Å²) in [6.45, 7) is 15.2.